The molecular formula is C23H27N4O3+. The molecule has 0 aliphatic carbocycles. The standard InChI is InChI=1S/C23H26N4O3/c1-25(2)12-13-27-15-19-20(22(27)28)21(24-23(29)26(19)3)16-8-7-11-18(14-16)30-17-9-5-4-6-10-17/h4-11,14,21H,12-13,15H2,1-3H3,(H,24,29)/p+1/t21-/m1/s1. The molecule has 30 heavy (non-hydrogen) atoms. The predicted molar refractivity (Wildman–Crippen MR) is 113 cm³/mol. The van der Waals surface area contributed by atoms with Crippen LogP contribution in [0.3, 0.4) is 0 Å². The van der Waals surface area contributed by atoms with Crippen molar-refractivity contribution in [1.29, 1.82) is 0 Å². The van der Waals surface area contributed by atoms with E-state index in [1.807, 2.05) is 59.5 Å². The maximum atomic E-state index is 13.2. The van der Waals surface area contributed by atoms with E-state index in [4.69, 9.17) is 4.74 Å². The number of nitrogens with zero attached hydrogens (tertiary/aromatic N) is 2. The van der Waals surface area contributed by atoms with Crippen molar-refractivity contribution in [2.24, 2.45) is 0 Å². The van der Waals surface area contributed by atoms with Gasteiger partial charge >= 0.3 is 6.03 Å². The second-order valence-electron chi connectivity index (χ2n) is 7.97. The summed E-state index contributed by atoms with van der Waals surface area (Å²) in [7, 11) is 5.84. The highest BCUT2D eigenvalue weighted by molar-refractivity contribution is 6.01. The summed E-state index contributed by atoms with van der Waals surface area (Å²) in [5.41, 5.74) is 2.24. The second kappa shape index (κ2) is 8.20. The van der Waals surface area contributed by atoms with Gasteiger partial charge in [-0.05, 0) is 29.8 Å². The number of ether oxygens (including phenoxy) is 1. The lowest BCUT2D eigenvalue weighted by Gasteiger charge is -2.31. The molecule has 2 aliphatic rings. The Morgan fingerprint density at radius 2 is 1.80 bits per heavy atom. The third-order valence-corrected chi connectivity index (χ3v) is 5.49. The van der Waals surface area contributed by atoms with Crippen LogP contribution in [0.5, 0.6) is 11.5 Å². The molecule has 0 saturated carbocycles. The van der Waals surface area contributed by atoms with Crippen LogP contribution in [-0.4, -0.2) is 62.5 Å². The molecule has 0 unspecified atom stereocenters. The largest absolute Gasteiger partial charge is 0.457 e. The maximum absolute atomic E-state index is 13.2. The van der Waals surface area contributed by atoms with E-state index >= 15 is 0 Å². The van der Waals surface area contributed by atoms with Gasteiger partial charge in [0, 0.05) is 7.05 Å². The van der Waals surface area contributed by atoms with Crippen molar-refractivity contribution in [2.45, 2.75) is 6.04 Å². The summed E-state index contributed by atoms with van der Waals surface area (Å²) in [6.45, 7) is 1.96. The molecule has 4 rings (SSSR count). The Hall–Kier alpha value is -3.32. The van der Waals surface area contributed by atoms with Crippen molar-refractivity contribution in [3.63, 3.8) is 0 Å². The predicted octanol–water partition coefficient (Wildman–Crippen LogP) is 1.42. The van der Waals surface area contributed by atoms with Crippen LogP contribution in [0.4, 0.5) is 4.79 Å². The molecule has 0 aromatic heterocycles. The third-order valence-electron chi connectivity index (χ3n) is 5.49. The van der Waals surface area contributed by atoms with E-state index in [1.54, 1.807) is 11.9 Å². The zero-order chi connectivity index (χ0) is 21.3. The van der Waals surface area contributed by atoms with Gasteiger partial charge in [-0.1, -0.05) is 30.3 Å². The lowest BCUT2D eigenvalue weighted by atomic mass is 9.95. The Bertz CT molecular complexity index is 987. The fourth-order valence-electron chi connectivity index (χ4n) is 3.79. The summed E-state index contributed by atoms with van der Waals surface area (Å²) >= 11 is 0. The minimum absolute atomic E-state index is 0.0162. The number of hydrogen-bond donors (Lipinski definition) is 2. The minimum atomic E-state index is -0.493. The Morgan fingerprint density at radius 1 is 1.07 bits per heavy atom. The summed E-state index contributed by atoms with van der Waals surface area (Å²) in [6, 6.07) is 16.4. The van der Waals surface area contributed by atoms with Gasteiger partial charge in [-0.25, -0.2) is 4.79 Å². The molecule has 0 fully saturated rings. The SMILES string of the molecule is CN1C(=O)N[C@H](c2cccc(Oc3ccccc3)c2)C2=C1CN(CC[NH+](C)C)C2=O. The van der Waals surface area contributed by atoms with E-state index in [9.17, 15) is 9.59 Å². The molecule has 2 N–H and O–H groups in total. The number of likely N-dealkylation sites (N-methyl/N-ethyl adjacent to an activating group) is 2. The molecule has 7 nitrogen and oxygen atoms in total. The summed E-state index contributed by atoms with van der Waals surface area (Å²) in [5, 5.41) is 2.98. The monoisotopic (exact) mass is 407 g/mol. The Kier molecular flexibility index (Phi) is 5.46. The van der Waals surface area contributed by atoms with Gasteiger partial charge in [-0.2, -0.15) is 0 Å². The van der Waals surface area contributed by atoms with Crippen LogP contribution in [0.2, 0.25) is 0 Å². The van der Waals surface area contributed by atoms with Crippen LogP contribution >= 0.6 is 0 Å². The van der Waals surface area contributed by atoms with Gasteiger partial charge < -0.3 is 19.9 Å². The first-order valence-electron chi connectivity index (χ1n) is 10.1. The van der Waals surface area contributed by atoms with Gasteiger partial charge in [0.2, 0.25) is 0 Å². The highest BCUT2D eigenvalue weighted by Crippen LogP contribution is 2.36. The highest BCUT2D eigenvalue weighted by atomic mass is 16.5. The smallest absolute Gasteiger partial charge is 0.322 e. The van der Waals surface area contributed by atoms with Crippen LogP contribution in [0.25, 0.3) is 0 Å². The van der Waals surface area contributed by atoms with E-state index in [0.29, 0.717) is 24.4 Å². The molecule has 156 valence electrons. The zero-order valence-electron chi connectivity index (χ0n) is 17.5. The molecule has 2 aliphatic heterocycles. The number of amides is 3. The molecule has 0 saturated heterocycles. The van der Waals surface area contributed by atoms with Gasteiger partial charge in [-0.3, -0.25) is 9.69 Å². The Labute approximate surface area is 176 Å². The Balaban J connectivity index is 1.63. The van der Waals surface area contributed by atoms with Crippen LogP contribution < -0.4 is 15.0 Å². The number of benzene rings is 2. The van der Waals surface area contributed by atoms with Crippen molar-refractivity contribution in [3.8, 4) is 11.5 Å². The van der Waals surface area contributed by atoms with Crippen molar-refractivity contribution < 1.29 is 19.2 Å². The molecule has 2 heterocycles. The van der Waals surface area contributed by atoms with Crippen molar-refractivity contribution in [2.75, 3.05) is 40.8 Å². The first-order valence-corrected chi connectivity index (χ1v) is 10.1. The zero-order valence-corrected chi connectivity index (χ0v) is 17.5. The van der Waals surface area contributed by atoms with Gasteiger partial charge in [0.25, 0.3) is 5.91 Å². The maximum Gasteiger partial charge on any atom is 0.322 e. The Morgan fingerprint density at radius 3 is 2.53 bits per heavy atom. The van der Waals surface area contributed by atoms with Crippen LogP contribution in [-0.2, 0) is 4.79 Å². The summed E-state index contributed by atoms with van der Waals surface area (Å²) in [6.07, 6.45) is 0. The topological polar surface area (TPSA) is 66.3 Å². The molecule has 7 heteroatoms. The third kappa shape index (κ3) is 3.89. The molecule has 1 atom stereocenters. The highest BCUT2D eigenvalue weighted by Gasteiger charge is 2.42. The van der Waals surface area contributed by atoms with Gasteiger partial charge in [0.15, 0.2) is 0 Å². The minimum Gasteiger partial charge on any atom is -0.457 e. The number of nitrogens with one attached hydrogen (secondary N) is 2. The quantitative estimate of drug-likeness (QED) is 0.761. The molecule has 2 aromatic rings. The number of hydrogen-bond acceptors (Lipinski definition) is 3. The van der Waals surface area contributed by atoms with E-state index in [0.717, 1.165) is 23.6 Å². The van der Waals surface area contributed by atoms with E-state index in [-0.39, 0.29) is 11.9 Å². The van der Waals surface area contributed by atoms with Crippen molar-refractivity contribution in [3.05, 3.63) is 71.4 Å². The number of para-hydroxylation sites is 1. The van der Waals surface area contributed by atoms with Crippen molar-refractivity contribution in [1.82, 2.24) is 15.1 Å². The summed E-state index contributed by atoms with van der Waals surface area (Å²) in [5.74, 6) is 1.38. The average Bonchev–Trinajstić information content (AvgIpc) is 3.07. The molecule has 0 bridgehead atoms. The van der Waals surface area contributed by atoms with Gasteiger partial charge in [-0.15, -0.1) is 0 Å². The fourth-order valence-corrected chi connectivity index (χ4v) is 3.79. The second-order valence-corrected chi connectivity index (χ2v) is 7.97. The molecule has 0 spiro atoms. The number of quaternary nitrogens is 1. The fraction of sp³-hybridized carbons (Fsp3) is 0.304. The van der Waals surface area contributed by atoms with E-state index in [1.165, 1.54) is 4.90 Å². The lowest BCUT2D eigenvalue weighted by molar-refractivity contribution is -0.857. The van der Waals surface area contributed by atoms with Crippen LogP contribution in [0.1, 0.15) is 11.6 Å². The number of carbonyl (C=O) groups excluding carboxylic acids is 2. The first kappa shape index (κ1) is 20.0. The number of urea groups is 1. The normalized spacial score (nSPS) is 18.7. The number of rotatable bonds is 6. The van der Waals surface area contributed by atoms with E-state index < -0.39 is 6.04 Å². The molecule has 2 aromatic carbocycles. The van der Waals surface area contributed by atoms with Gasteiger partial charge in [0.05, 0.1) is 51.0 Å². The lowest BCUT2D eigenvalue weighted by Crippen LogP contribution is -3.06. The summed E-state index contributed by atoms with van der Waals surface area (Å²) < 4.78 is 5.94. The van der Waals surface area contributed by atoms with Crippen LogP contribution in [0, 0.1) is 0 Å². The van der Waals surface area contributed by atoms with Gasteiger partial charge in [0.1, 0.15) is 11.5 Å². The van der Waals surface area contributed by atoms with E-state index in [2.05, 4.69) is 19.4 Å². The average molecular weight is 407 g/mol. The summed E-state index contributed by atoms with van der Waals surface area (Å²) in [4.78, 5) is 30.5. The van der Waals surface area contributed by atoms with Crippen molar-refractivity contribution >= 4 is 11.9 Å². The number of carbonyl (C=O) groups is 2. The molecular weight excluding hydrogens is 380 g/mol. The molecule has 0 radical (unpaired) electrons. The van der Waals surface area contributed by atoms with Crippen LogP contribution in [0.15, 0.2) is 65.9 Å². The first-order chi connectivity index (χ1) is 14.4. The molecule has 3 amide bonds.